The molecule has 1 aliphatic heterocycles. The minimum atomic E-state index is -0.305. The number of thiophene rings is 1. The number of benzene rings is 2. The molecule has 2 aromatic heterocycles. The number of pyridine rings is 1. The molecule has 1 saturated heterocycles. The smallest absolute Gasteiger partial charge is 0.252 e. The zero-order chi connectivity index (χ0) is 22.6. The molecule has 4 aromatic rings. The number of carbonyl (C=O) groups is 1. The molecule has 3 heterocycles. The molecule has 0 unspecified atom stereocenters. The van der Waals surface area contributed by atoms with E-state index in [2.05, 4.69) is 21.7 Å². The van der Waals surface area contributed by atoms with E-state index in [1.165, 1.54) is 17.0 Å². The van der Waals surface area contributed by atoms with Gasteiger partial charge in [-0.25, -0.2) is 9.37 Å². The first kappa shape index (κ1) is 21.7. The Balaban J connectivity index is 1.44. The molecule has 5 nitrogen and oxygen atoms in total. The Kier molecular flexibility index (Phi) is 6.44. The molecule has 0 bridgehead atoms. The van der Waals surface area contributed by atoms with Gasteiger partial charge in [0.15, 0.2) is 0 Å². The Bertz CT molecular complexity index is 1240. The monoisotopic (exact) mass is 461 g/mol. The minimum Gasteiger partial charge on any atom is -0.379 e. The Morgan fingerprint density at radius 3 is 2.64 bits per heavy atom. The molecule has 1 fully saturated rings. The topological polar surface area (TPSA) is 54.5 Å². The van der Waals surface area contributed by atoms with E-state index in [-0.39, 0.29) is 17.8 Å². The van der Waals surface area contributed by atoms with E-state index in [1.54, 1.807) is 29.5 Å². The van der Waals surface area contributed by atoms with Crippen LogP contribution in [0.4, 0.5) is 4.39 Å². The third-order valence-electron chi connectivity index (χ3n) is 5.91. The molecule has 7 heteroatoms. The number of nitrogens with one attached hydrogen (secondary N) is 1. The maximum atomic E-state index is 13.4. The van der Waals surface area contributed by atoms with Crippen molar-refractivity contribution in [1.29, 1.82) is 0 Å². The largest absolute Gasteiger partial charge is 0.379 e. The summed E-state index contributed by atoms with van der Waals surface area (Å²) in [6, 6.07) is 19.8. The van der Waals surface area contributed by atoms with Crippen molar-refractivity contribution in [1.82, 2.24) is 15.2 Å². The van der Waals surface area contributed by atoms with Crippen molar-refractivity contribution in [2.24, 2.45) is 0 Å². The number of para-hydroxylation sites is 1. The van der Waals surface area contributed by atoms with Gasteiger partial charge in [0.1, 0.15) is 5.82 Å². The van der Waals surface area contributed by atoms with E-state index in [1.807, 2.05) is 30.3 Å². The normalized spacial score (nSPS) is 15.4. The molecule has 2 aromatic carbocycles. The SMILES string of the molecule is O=C(NC[C@H](c1cccs1)N1CCOCC1)c1cc(-c2ccc(F)cc2)nc2ccccc12. The van der Waals surface area contributed by atoms with Gasteiger partial charge in [-0.2, -0.15) is 0 Å². The van der Waals surface area contributed by atoms with Crippen molar-refractivity contribution < 1.29 is 13.9 Å². The summed E-state index contributed by atoms with van der Waals surface area (Å²) < 4.78 is 18.9. The Morgan fingerprint density at radius 2 is 1.88 bits per heavy atom. The highest BCUT2D eigenvalue weighted by molar-refractivity contribution is 7.10. The maximum absolute atomic E-state index is 13.4. The highest BCUT2D eigenvalue weighted by atomic mass is 32.1. The number of fused-ring (bicyclic) bond motifs is 1. The van der Waals surface area contributed by atoms with Crippen molar-refractivity contribution in [3.8, 4) is 11.3 Å². The van der Waals surface area contributed by atoms with Crippen molar-refractivity contribution in [2.45, 2.75) is 6.04 Å². The van der Waals surface area contributed by atoms with Gasteiger partial charge in [-0.15, -0.1) is 11.3 Å². The molecule has 1 atom stereocenters. The van der Waals surface area contributed by atoms with E-state index in [4.69, 9.17) is 9.72 Å². The molecule has 0 saturated carbocycles. The van der Waals surface area contributed by atoms with Gasteiger partial charge in [-0.1, -0.05) is 24.3 Å². The van der Waals surface area contributed by atoms with Gasteiger partial charge in [0.2, 0.25) is 0 Å². The first-order valence-corrected chi connectivity index (χ1v) is 11.9. The summed E-state index contributed by atoms with van der Waals surface area (Å²) in [6.45, 7) is 3.58. The fourth-order valence-corrected chi connectivity index (χ4v) is 5.06. The average molecular weight is 462 g/mol. The summed E-state index contributed by atoms with van der Waals surface area (Å²) in [7, 11) is 0. The number of ether oxygens (including phenoxy) is 1. The van der Waals surface area contributed by atoms with E-state index in [0.29, 0.717) is 31.0 Å². The Morgan fingerprint density at radius 1 is 1.09 bits per heavy atom. The van der Waals surface area contributed by atoms with E-state index < -0.39 is 0 Å². The summed E-state index contributed by atoms with van der Waals surface area (Å²) in [5, 5.41) is 6.02. The van der Waals surface area contributed by atoms with Gasteiger partial charge in [0.25, 0.3) is 5.91 Å². The molecule has 0 aliphatic carbocycles. The van der Waals surface area contributed by atoms with E-state index >= 15 is 0 Å². The first-order valence-electron chi connectivity index (χ1n) is 11.0. The van der Waals surface area contributed by atoms with Crippen LogP contribution in [0.15, 0.2) is 72.1 Å². The van der Waals surface area contributed by atoms with Gasteiger partial charge in [-0.05, 0) is 47.8 Å². The fraction of sp³-hybridized carbons (Fsp3) is 0.231. The lowest BCUT2D eigenvalue weighted by Crippen LogP contribution is -2.43. The number of hydrogen-bond donors (Lipinski definition) is 1. The van der Waals surface area contributed by atoms with Crippen LogP contribution in [0.5, 0.6) is 0 Å². The van der Waals surface area contributed by atoms with Crippen LogP contribution in [-0.2, 0) is 4.74 Å². The molecule has 1 aliphatic rings. The number of morpholine rings is 1. The van der Waals surface area contributed by atoms with Crippen LogP contribution in [0.2, 0.25) is 0 Å². The second-order valence-electron chi connectivity index (χ2n) is 7.97. The highest BCUT2D eigenvalue weighted by Crippen LogP contribution is 2.27. The average Bonchev–Trinajstić information content (AvgIpc) is 3.39. The van der Waals surface area contributed by atoms with E-state index in [0.717, 1.165) is 29.6 Å². The van der Waals surface area contributed by atoms with Crippen LogP contribution < -0.4 is 5.32 Å². The molecule has 0 radical (unpaired) electrons. The molecule has 33 heavy (non-hydrogen) atoms. The lowest BCUT2D eigenvalue weighted by molar-refractivity contribution is 0.0169. The van der Waals surface area contributed by atoms with Crippen molar-refractivity contribution in [3.05, 3.63) is 88.4 Å². The quantitative estimate of drug-likeness (QED) is 0.444. The third-order valence-corrected chi connectivity index (χ3v) is 6.89. The van der Waals surface area contributed by atoms with Crippen molar-refractivity contribution in [2.75, 3.05) is 32.8 Å². The number of aromatic nitrogens is 1. The number of halogens is 1. The number of carbonyl (C=O) groups excluding carboxylic acids is 1. The summed E-state index contributed by atoms with van der Waals surface area (Å²) in [5.41, 5.74) is 2.70. The van der Waals surface area contributed by atoms with Gasteiger partial charge < -0.3 is 10.1 Å². The highest BCUT2D eigenvalue weighted by Gasteiger charge is 2.24. The van der Waals surface area contributed by atoms with Gasteiger partial charge in [0, 0.05) is 35.5 Å². The van der Waals surface area contributed by atoms with Crippen molar-refractivity contribution >= 4 is 28.1 Å². The second kappa shape index (κ2) is 9.79. The summed E-state index contributed by atoms with van der Waals surface area (Å²) >= 11 is 1.70. The van der Waals surface area contributed by atoms with Gasteiger partial charge in [0.05, 0.1) is 36.0 Å². The number of rotatable bonds is 6. The molecule has 1 N–H and O–H groups in total. The number of nitrogens with zero attached hydrogens (tertiary/aromatic N) is 2. The molecular weight excluding hydrogens is 437 g/mol. The first-order chi connectivity index (χ1) is 16.2. The zero-order valence-electron chi connectivity index (χ0n) is 18.0. The number of amides is 1. The standard InChI is InChI=1S/C26H24FN3O2S/c27-19-9-7-18(8-10-19)23-16-21(20-4-1-2-5-22(20)29-23)26(31)28-17-24(25-6-3-15-33-25)30-11-13-32-14-12-30/h1-10,15-16,24H,11-14,17H2,(H,28,31)/t24-/m1/s1. The molecule has 168 valence electrons. The van der Waals surface area contributed by atoms with Gasteiger partial charge >= 0.3 is 0 Å². The van der Waals surface area contributed by atoms with Crippen LogP contribution in [0, 0.1) is 5.82 Å². The number of hydrogen-bond acceptors (Lipinski definition) is 5. The second-order valence-corrected chi connectivity index (χ2v) is 8.95. The zero-order valence-corrected chi connectivity index (χ0v) is 18.9. The van der Waals surface area contributed by atoms with Crippen molar-refractivity contribution in [3.63, 3.8) is 0 Å². The van der Waals surface area contributed by atoms with Crippen LogP contribution in [0.25, 0.3) is 22.2 Å². The maximum Gasteiger partial charge on any atom is 0.252 e. The Labute approximate surface area is 195 Å². The predicted octanol–water partition coefficient (Wildman–Crippen LogP) is 4.91. The van der Waals surface area contributed by atoms with Crippen LogP contribution in [-0.4, -0.2) is 48.6 Å². The van der Waals surface area contributed by atoms with Gasteiger partial charge in [-0.3, -0.25) is 9.69 Å². The molecule has 5 rings (SSSR count). The molecular formula is C26H24FN3O2S. The van der Waals surface area contributed by atoms with E-state index in [9.17, 15) is 9.18 Å². The Hall–Kier alpha value is -3.13. The summed E-state index contributed by atoms with van der Waals surface area (Å²) in [4.78, 5) is 21.7. The minimum absolute atomic E-state index is 0.0996. The summed E-state index contributed by atoms with van der Waals surface area (Å²) in [6.07, 6.45) is 0. The summed E-state index contributed by atoms with van der Waals surface area (Å²) in [5.74, 6) is -0.452. The molecule has 0 spiro atoms. The van der Waals surface area contributed by atoms with Crippen LogP contribution in [0.1, 0.15) is 21.3 Å². The molecule has 1 amide bonds. The lowest BCUT2D eigenvalue weighted by atomic mass is 10.0. The lowest BCUT2D eigenvalue weighted by Gasteiger charge is -2.34. The fourth-order valence-electron chi connectivity index (χ4n) is 4.20. The van der Waals surface area contributed by atoms with Crippen LogP contribution >= 0.6 is 11.3 Å². The third kappa shape index (κ3) is 4.80. The van der Waals surface area contributed by atoms with Crippen LogP contribution in [0.3, 0.4) is 0 Å². The predicted molar refractivity (Wildman–Crippen MR) is 129 cm³/mol.